The van der Waals surface area contributed by atoms with Crippen LogP contribution in [0.2, 0.25) is 0 Å². The van der Waals surface area contributed by atoms with Gasteiger partial charge in [-0.25, -0.2) is 0 Å². The first kappa shape index (κ1) is 16.5. The molecule has 23 heavy (non-hydrogen) atoms. The molecule has 1 amide bonds. The number of benzene rings is 1. The van der Waals surface area contributed by atoms with Crippen LogP contribution in [0.1, 0.15) is 57.6 Å². The Balaban J connectivity index is 1.75. The van der Waals surface area contributed by atoms with Crippen molar-refractivity contribution in [3.63, 3.8) is 0 Å². The Morgan fingerprint density at radius 1 is 1.09 bits per heavy atom. The van der Waals surface area contributed by atoms with Gasteiger partial charge in [0.25, 0.3) is 0 Å². The van der Waals surface area contributed by atoms with Crippen LogP contribution in [0.25, 0.3) is 0 Å². The molecule has 126 valence electrons. The minimum absolute atomic E-state index is 0.122. The normalized spacial score (nSPS) is 30.1. The van der Waals surface area contributed by atoms with E-state index in [1.807, 2.05) is 18.2 Å². The summed E-state index contributed by atoms with van der Waals surface area (Å²) in [4.78, 5) is 15.4. The van der Waals surface area contributed by atoms with Gasteiger partial charge in [0.05, 0.1) is 0 Å². The van der Waals surface area contributed by atoms with E-state index in [-0.39, 0.29) is 11.9 Å². The molecule has 2 aliphatic rings. The van der Waals surface area contributed by atoms with Gasteiger partial charge in [-0.3, -0.25) is 9.69 Å². The van der Waals surface area contributed by atoms with Crippen LogP contribution in [0.3, 0.4) is 0 Å². The van der Waals surface area contributed by atoms with Gasteiger partial charge in [-0.1, -0.05) is 57.0 Å². The summed E-state index contributed by atoms with van der Waals surface area (Å²) >= 11 is 0. The predicted molar refractivity (Wildman–Crippen MR) is 94.1 cm³/mol. The zero-order chi connectivity index (χ0) is 16.2. The van der Waals surface area contributed by atoms with Crippen molar-refractivity contribution in [1.29, 1.82) is 0 Å². The molecule has 1 N–H and O–H groups in total. The van der Waals surface area contributed by atoms with Crippen LogP contribution in [-0.4, -0.2) is 29.9 Å². The molecule has 0 spiro atoms. The Hall–Kier alpha value is -1.35. The number of likely N-dealkylation sites (tertiary alicyclic amines) is 1. The van der Waals surface area contributed by atoms with E-state index in [1.54, 1.807) is 0 Å². The molecule has 1 aromatic rings. The topological polar surface area (TPSA) is 32.3 Å². The van der Waals surface area contributed by atoms with Crippen molar-refractivity contribution in [3.8, 4) is 0 Å². The highest BCUT2D eigenvalue weighted by Gasteiger charge is 2.33. The molecule has 4 unspecified atom stereocenters. The van der Waals surface area contributed by atoms with Crippen molar-refractivity contribution in [2.45, 2.75) is 58.0 Å². The van der Waals surface area contributed by atoms with Gasteiger partial charge in [0.2, 0.25) is 5.91 Å². The molecule has 0 aromatic heterocycles. The average molecular weight is 314 g/mol. The van der Waals surface area contributed by atoms with Crippen molar-refractivity contribution in [3.05, 3.63) is 35.9 Å². The van der Waals surface area contributed by atoms with E-state index in [4.69, 9.17) is 0 Å². The maximum atomic E-state index is 13.1. The fraction of sp³-hybridized carbons (Fsp3) is 0.650. The number of nitrogens with zero attached hydrogens (tertiary/aromatic N) is 1. The largest absolute Gasteiger partial charge is 0.351 e. The Labute approximate surface area is 140 Å². The monoisotopic (exact) mass is 314 g/mol. The van der Waals surface area contributed by atoms with Gasteiger partial charge < -0.3 is 5.32 Å². The lowest BCUT2D eigenvalue weighted by Gasteiger charge is -2.36. The molecule has 3 nitrogen and oxygen atoms in total. The van der Waals surface area contributed by atoms with Crippen LogP contribution < -0.4 is 5.32 Å². The third-order valence-electron chi connectivity index (χ3n) is 5.90. The van der Waals surface area contributed by atoms with Gasteiger partial charge in [0.1, 0.15) is 6.04 Å². The van der Waals surface area contributed by atoms with E-state index >= 15 is 0 Å². The van der Waals surface area contributed by atoms with Crippen molar-refractivity contribution < 1.29 is 4.79 Å². The van der Waals surface area contributed by atoms with Gasteiger partial charge in [-0.05, 0) is 49.8 Å². The second kappa shape index (κ2) is 7.48. The fourth-order valence-corrected chi connectivity index (χ4v) is 4.21. The van der Waals surface area contributed by atoms with Crippen molar-refractivity contribution in [2.75, 3.05) is 13.1 Å². The van der Waals surface area contributed by atoms with Crippen LogP contribution in [0.4, 0.5) is 0 Å². The molecular formula is C20H30N2O. The number of amides is 1. The summed E-state index contributed by atoms with van der Waals surface area (Å²) < 4.78 is 0. The SMILES string of the molecule is CC1CCCC(NC(=O)C(c2ccccc2)N2CCCC2)C1C. The van der Waals surface area contributed by atoms with E-state index in [9.17, 15) is 4.79 Å². The van der Waals surface area contributed by atoms with E-state index in [1.165, 1.54) is 25.7 Å². The summed E-state index contributed by atoms with van der Waals surface area (Å²) in [6.45, 7) is 6.67. The Morgan fingerprint density at radius 3 is 2.48 bits per heavy atom. The first-order chi connectivity index (χ1) is 11.2. The quantitative estimate of drug-likeness (QED) is 0.917. The zero-order valence-corrected chi connectivity index (χ0v) is 14.5. The summed E-state index contributed by atoms with van der Waals surface area (Å²) in [5.41, 5.74) is 1.13. The fourth-order valence-electron chi connectivity index (χ4n) is 4.21. The van der Waals surface area contributed by atoms with Crippen LogP contribution in [0, 0.1) is 11.8 Å². The van der Waals surface area contributed by atoms with Crippen molar-refractivity contribution >= 4 is 5.91 Å². The molecule has 1 aromatic carbocycles. The first-order valence-electron chi connectivity index (χ1n) is 9.26. The van der Waals surface area contributed by atoms with Gasteiger partial charge in [0.15, 0.2) is 0 Å². The Morgan fingerprint density at radius 2 is 1.78 bits per heavy atom. The Kier molecular flexibility index (Phi) is 5.37. The summed E-state index contributed by atoms with van der Waals surface area (Å²) in [7, 11) is 0. The van der Waals surface area contributed by atoms with Gasteiger partial charge >= 0.3 is 0 Å². The molecule has 2 fully saturated rings. The second-order valence-electron chi connectivity index (χ2n) is 7.44. The molecule has 1 saturated heterocycles. The number of hydrogen-bond donors (Lipinski definition) is 1. The molecule has 0 radical (unpaired) electrons. The average Bonchev–Trinajstić information content (AvgIpc) is 3.07. The Bertz CT molecular complexity index is 510. The smallest absolute Gasteiger partial charge is 0.242 e. The number of carbonyl (C=O) groups excluding carboxylic acids is 1. The molecule has 1 aliphatic carbocycles. The molecule has 1 heterocycles. The third kappa shape index (κ3) is 3.77. The summed E-state index contributed by atoms with van der Waals surface area (Å²) in [5.74, 6) is 1.47. The van der Waals surface area contributed by atoms with E-state index in [2.05, 4.69) is 36.2 Å². The molecule has 3 heteroatoms. The van der Waals surface area contributed by atoms with Crippen LogP contribution in [0.15, 0.2) is 30.3 Å². The maximum Gasteiger partial charge on any atom is 0.242 e. The molecule has 3 rings (SSSR count). The minimum atomic E-state index is -0.122. The highest BCUT2D eigenvalue weighted by molar-refractivity contribution is 5.83. The summed E-state index contributed by atoms with van der Waals surface area (Å²) in [5, 5.41) is 3.39. The second-order valence-corrected chi connectivity index (χ2v) is 7.44. The third-order valence-corrected chi connectivity index (χ3v) is 5.90. The van der Waals surface area contributed by atoms with Crippen LogP contribution >= 0.6 is 0 Å². The highest BCUT2D eigenvalue weighted by Crippen LogP contribution is 2.31. The predicted octanol–water partition coefficient (Wildman–Crippen LogP) is 3.76. The lowest BCUT2D eigenvalue weighted by Crippen LogP contribution is -2.48. The van der Waals surface area contributed by atoms with E-state index < -0.39 is 0 Å². The first-order valence-corrected chi connectivity index (χ1v) is 9.26. The lowest BCUT2D eigenvalue weighted by atomic mass is 9.78. The molecular weight excluding hydrogens is 284 g/mol. The molecule has 1 saturated carbocycles. The zero-order valence-electron chi connectivity index (χ0n) is 14.5. The molecule has 1 aliphatic heterocycles. The number of rotatable bonds is 4. The number of hydrogen-bond acceptors (Lipinski definition) is 2. The van der Waals surface area contributed by atoms with E-state index in [0.29, 0.717) is 17.9 Å². The minimum Gasteiger partial charge on any atom is -0.351 e. The highest BCUT2D eigenvalue weighted by atomic mass is 16.2. The van der Waals surface area contributed by atoms with Crippen molar-refractivity contribution in [1.82, 2.24) is 10.2 Å². The van der Waals surface area contributed by atoms with Crippen LogP contribution in [0.5, 0.6) is 0 Å². The van der Waals surface area contributed by atoms with Crippen molar-refractivity contribution in [2.24, 2.45) is 11.8 Å². The number of nitrogens with one attached hydrogen (secondary N) is 1. The van der Waals surface area contributed by atoms with Gasteiger partial charge in [-0.15, -0.1) is 0 Å². The molecule has 4 atom stereocenters. The summed E-state index contributed by atoms with van der Waals surface area (Å²) in [6, 6.07) is 10.5. The maximum absolute atomic E-state index is 13.1. The van der Waals surface area contributed by atoms with Crippen LogP contribution in [-0.2, 0) is 4.79 Å². The lowest BCUT2D eigenvalue weighted by molar-refractivity contribution is -0.127. The number of carbonyl (C=O) groups is 1. The van der Waals surface area contributed by atoms with E-state index in [0.717, 1.165) is 25.1 Å². The standard InChI is InChI=1S/C20H30N2O/c1-15-9-8-12-18(16(15)2)21-20(23)19(22-13-6-7-14-22)17-10-4-3-5-11-17/h3-5,10-11,15-16,18-19H,6-9,12-14H2,1-2H3,(H,21,23). The summed E-state index contributed by atoms with van der Waals surface area (Å²) in [6.07, 6.45) is 6.05. The van der Waals surface area contributed by atoms with Gasteiger partial charge in [-0.2, -0.15) is 0 Å². The van der Waals surface area contributed by atoms with Gasteiger partial charge in [0, 0.05) is 6.04 Å². The molecule has 0 bridgehead atoms.